The number of amides is 1. The van der Waals surface area contributed by atoms with Gasteiger partial charge in [0.15, 0.2) is 11.5 Å². The molecule has 0 fully saturated rings. The maximum Gasteiger partial charge on any atom is 0.261 e. The number of hydrogen-bond donors (Lipinski definition) is 2. The molecule has 0 heterocycles. The fraction of sp³-hybridized carbons (Fsp3) is 0.208. The second-order valence-electron chi connectivity index (χ2n) is 7.32. The van der Waals surface area contributed by atoms with Crippen LogP contribution >= 0.6 is 0 Å². The molecular weight excluding hydrogens is 428 g/mol. The lowest BCUT2D eigenvalue weighted by Crippen LogP contribution is -2.23. The van der Waals surface area contributed by atoms with E-state index in [0.717, 1.165) is 11.1 Å². The molecule has 0 aromatic heterocycles. The lowest BCUT2D eigenvalue weighted by atomic mass is 10.1. The molecule has 3 rings (SSSR count). The minimum atomic E-state index is -3.72. The molecule has 0 atom stereocenters. The molecule has 7 nitrogen and oxygen atoms in total. The zero-order chi connectivity index (χ0) is 23.3. The van der Waals surface area contributed by atoms with Crippen molar-refractivity contribution in [3.8, 4) is 11.5 Å². The Morgan fingerprint density at radius 3 is 2.19 bits per heavy atom. The summed E-state index contributed by atoms with van der Waals surface area (Å²) in [5.41, 5.74) is 3.32. The highest BCUT2D eigenvalue weighted by molar-refractivity contribution is 7.92. The van der Waals surface area contributed by atoms with Crippen molar-refractivity contribution in [2.24, 2.45) is 0 Å². The molecule has 1 amide bonds. The molecule has 0 saturated carbocycles. The highest BCUT2D eigenvalue weighted by Gasteiger charge is 2.16. The largest absolute Gasteiger partial charge is 0.493 e. The summed E-state index contributed by atoms with van der Waals surface area (Å²) in [5.74, 6) is 0.929. The first-order valence-corrected chi connectivity index (χ1v) is 11.4. The van der Waals surface area contributed by atoms with Crippen molar-refractivity contribution in [2.75, 3.05) is 18.9 Å². The topological polar surface area (TPSA) is 93.7 Å². The summed E-state index contributed by atoms with van der Waals surface area (Å²) < 4.78 is 38.3. The Morgan fingerprint density at radius 2 is 1.56 bits per heavy atom. The van der Waals surface area contributed by atoms with Crippen LogP contribution in [0.5, 0.6) is 11.5 Å². The van der Waals surface area contributed by atoms with E-state index in [1.165, 1.54) is 0 Å². The molecule has 2 N–H and O–H groups in total. The van der Waals surface area contributed by atoms with Gasteiger partial charge in [0, 0.05) is 12.1 Å². The van der Waals surface area contributed by atoms with Gasteiger partial charge in [0.2, 0.25) is 0 Å². The number of nitrogens with one attached hydrogen (secondary N) is 2. The first kappa shape index (κ1) is 23.1. The molecular formula is C24H26N2O5S. The zero-order valence-electron chi connectivity index (χ0n) is 18.4. The van der Waals surface area contributed by atoms with Gasteiger partial charge in [-0.1, -0.05) is 23.8 Å². The maximum atomic E-state index is 12.6. The highest BCUT2D eigenvalue weighted by Crippen LogP contribution is 2.27. The van der Waals surface area contributed by atoms with Crippen LogP contribution in [-0.2, 0) is 16.6 Å². The summed E-state index contributed by atoms with van der Waals surface area (Å²) >= 11 is 0. The van der Waals surface area contributed by atoms with Crippen LogP contribution in [0.1, 0.15) is 27.0 Å². The number of benzene rings is 3. The molecule has 0 spiro atoms. The van der Waals surface area contributed by atoms with Crippen molar-refractivity contribution in [2.45, 2.75) is 25.3 Å². The molecule has 3 aromatic rings. The molecule has 0 aliphatic heterocycles. The van der Waals surface area contributed by atoms with Crippen molar-refractivity contribution in [1.29, 1.82) is 0 Å². The summed E-state index contributed by atoms with van der Waals surface area (Å²) in [4.78, 5) is 12.8. The van der Waals surface area contributed by atoms with Crippen molar-refractivity contribution >= 4 is 21.6 Å². The maximum absolute atomic E-state index is 12.6. The van der Waals surface area contributed by atoms with Gasteiger partial charge in [-0.3, -0.25) is 9.52 Å². The van der Waals surface area contributed by atoms with Crippen LogP contribution in [0.2, 0.25) is 0 Å². The zero-order valence-corrected chi connectivity index (χ0v) is 19.2. The monoisotopic (exact) mass is 454 g/mol. The summed E-state index contributed by atoms with van der Waals surface area (Å²) in [7, 11) is -0.602. The number of carbonyl (C=O) groups is 1. The van der Waals surface area contributed by atoms with Gasteiger partial charge < -0.3 is 14.8 Å². The number of hydrogen-bond acceptors (Lipinski definition) is 5. The van der Waals surface area contributed by atoms with E-state index in [0.29, 0.717) is 34.9 Å². The normalized spacial score (nSPS) is 11.0. The van der Waals surface area contributed by atoms with Crippen molar-refractivity contribution < 1.29 is 22.7 Å². The predicted molar refractivity (Wildman–Crippen MR) is 124 cm³/mol. The van der Waals surface area contributed by atoms with E-state index in [4.69, 9.17) is 9.47 Å². The van der Waals surface area contributed by atoms with E-state index in [1.807, 2.05) is 13.0 Å². The van der Waals surface area contributed by atoms with E-state index in [2.05, 4.69) is 10.0 Å². The van der Waals surface area contributed by atoms with E-state index >= 15 is 0 Å². The summed E-state index contributed by atoms with van der Waals surface area (Å²) in [6.07, 6.45) is 0. The molecule has 0 aliphatic rings. The quantitative estimate of drug-likeness (QED) is 0.536. The SMILES string of the molecule is COc1ccc(CNC(=O)c2ccc(NS(=O)(=O)c3ccc(C)cc3)c(C)c2)cc1OC. The number of aryl methyl sites for hydroxylation is 2. The number of sulfonamides is 1. The molecule has 168 valence electrons. The van der Waals surface area contributed by atoms with Gasteiger partial charge in [-0.15, -0.1) is 0 Å². The molecule has 8 heteroatoms. The van der Waals surface area contributed by atoms with E-state index < -0.39 is 10.0 Å². The smallest absolute Gasteiger partial charge is 0.261 e. The van der Waals surface area contributed by atoms with E-state index in [-0.39, 0.29) is 10.8 Å². The Hall–Kier alpha value is -3.52. The van der Waals surface area contributed by atoms with Crippen LogP contribution in [0.15, 0.2) is 65.6 Å². The van der Waals surface area contributed by atoms with Crippen LogP contribution in [0.3, 0.4) is 0 Å². The first-order chi connectivity index (χ1) is 15.2. The number of carbonyl (C=O) groups excluding carboxylic acids is 1. The van der Waals surface area contributed by atoms with Crippen LogP contribution in [-0.4, -0.2) is 28.5 Å². The lowest BCUT2D eigenvalue weighted by molar-refractivity contribution is 0.0951. The number of ether oxygens (including phenoxy) is 2. The average molecular weight is 455 g/mol. The Morgan fingerprint density at radius 1 is 0.875 bits per heavy atom. The third kappa shape index (κ3) is 5.39. The van der Waals surface area contributed by atoms with Crippen LogP contribution in [0.4, 0.5) is 5.69 Å². The second-order valence-corrected chi connectivity index (χ2v) is 9.00. The number of anilines is 1. The van der Waals surface area contributed by atoms with Crippen molar-refractivity contribution in [3.63, 3.8) is 0 Å². The Labute approximate surface area is 188 Å². The number of methoxy groups -OCH3 is 2. The van der Waals surface area contributed by atoms with Gasteiger partial charge in [0.05, 0.1) is 24.8 Å². The molecule has 0 saturated heterocycles. The van der Waals surface area contributed by atoms with Gasteiger partial charge in [0.25, 0.3) is 15.9 Å². The molecule has 32 heavy (non-hydrogen) atoms. The van der Waals surface area contributed by atoms with Crippen LogP contribution < -0.4 is 19.5 Å². The first-order valence-electron chi connectivity index (χ1n) is 9.92. The van der Waals surface area contributed by atoms with Crippen molar-refractivity contribution in [3.05, 3.63) is 82.9 Å². The Balaban J connectivity index is 1.69. The number of rotatable bonds is 8. The van der Waals surface area contributed by atoms with E-state index in [1.54, 1.807) is 75.7 Å². The van der Waals surface area contributed by atoms with Gasteiger partial charge in [-0.25, -0.2) is 8.42 Å². The Bertz CT molecular complexity index is 1220. The summed E-state index contributed by atoms with van der Waals surface area (Å²) in [6.45, 7) is 3.95. The predicted octanol–water partition coefficient (Wildman–Crippen LogP) is 4.05. The lowest BCUT2D eigenvalue weighted by Gasteiger charge is -2.13. The van der Waals surface area contributed by atoms with Crippen molar-refractivity contribution in [1.82, 2.24) is 5.32 Å². The van der Waals surface area contributed by atoms with Crippen LogP contribution in [0.25, 0.3) is 0 Å². The summed E-state index contributed by atoms with van der Waals surface area (Å²) in [5, 5.41) is 2.86. The minimum Gasteiger partial charge on any atom is -0.493 e. The third-order valence-electron chi connectivity index (χ3n) is 4.97. The van der Waals surface area contributed by atoms with Crippen LogP contribution in [0, 0.1) is 13.8 Å². The Kier molecular flexibility index (Phi) is 7.05. The van der Waals surface area contributed by atoms with Gasteiger partial charge >= 0.3 is 0 Å². The fourth-order valence-electron chi connectivity index (χ4n) is 3.12. The summed E-state index contributed by atoms with van der Waals surface area (Å²) in [6, 6.07) is 16.8. The highest BCUT2D eigenvalue weighted by atomic mass is 32.2. The molecule has 0 radical (unpaired) electrons. The third-order valence-corrected chi connectivity index (χ3v) is 6.35. The molecule has 0 aliphatic carbocycles. The average Bonchev–Trinajstić information content (AvgIpc) is 2.78. The second kappa shape index (κ2) is 9.74. The minimum absolute atomic E-state index is 0.180. The van der Waals surface area contributed by atoms with Gasteiger partial charge in [0.1, 0.15) is 0 Å². The van der Waals surface area contributed by atoms with Gasteiger partial charge in [-0.05, 0) is 67.4 Å². The van der Waals surface area contributed by atoms with E-state index in [9.17, 15) is 13.2 Å². The van der Waals surface area contributed by atoms with Gasteiger partial charge in [-0.2, -0.15) is 0 Å². The molecule has 0 unspecified atom stereocenters. The standard InChI is InChI=1S/C24H26N2O5S/c1-16-5-9-20(10-6-16)32(28,29)26-21-11-8-19(13-17(21)2)24(27)25-15-18-7-12-22(30-3)23(14-18)31-4/h5-14,26H,15H2,1-4H3,(H,25,27). The molecule has 3 aromatic carbocycles. The fourth-order valence-corrected chi connectivity index (χ4v) is 4.25. The molecule has 0 bridgehead atoms.